The number of aromatic carboxylic acids is 1. The van der Waals surface area contributed by atoms with E-state index in [0.29, 0.717) is 11.3 Å². The first kappa shape index (κ1) is 21.1. The van der Waals surface area contributed by atoms with Gasteiger partial charge in [0.05, 0.1) is 22.8 Å². The molecule has 0 aliphatic carbocycles. The van der Waals surface area contributed by atoms with Crippen LogP contribution in [0.1, 0.15) is 15.9 Å². The van der Waals surface area contributed by atoms with Crippen molar-refractivity contribution in [3.8, 4) is 5.75 Å². The van der Waals surface area contributed by atoms with Gasteiger partial charge < -0.3 is 15.2 Å². The third-order valence-corrected chi connectivity index (χ3v) is 4.55. The molecule has 0 aromatic heterocycles. The van der Waals surface area contributed by atoms with Crippen LogP contribution in [0.5, 0.6) is 5.75 Å². The van der Waals surface area contributed by atoms with Crippen molar-refractivity contribution in [2.45, 2.75) is 0 Å². The molecule has 0 heterocycles. The molecule has 0 atom stereocenters. The van der Waals surface area contributed by atoms with Gasteiger partial charge >= 0.3 is 5.97 Å². The van der Waals surface area contributed by atoms with Gasteiger partial charge in [-0.3, -0.25) is 10.1 Å². The van der Waals surface area contributed by atoms with Gasteiger partial charge in [-0.2, -0.15) is 0 Å². The maximum Gasteiger partial charge on any atom is 0.337 e. The molecule has 2 rings (SSSR count). The van der Waals surface area contributed by atoms with E-state index < -0.39 is 11.9 Å². The van der Waals surface area contributed by atoms with Crippen LogP contribution >= 0.6 is 44.1 Å². The third kappa shape index (κ3) is 5.88. The number of halogens is 2. The first-order valence-electron chi connectivity index (χ1n) is 7.47. The minimum absolute atomic E-state index is 0.0132. The molecular weight excluding hydrogens is 500 g/mol. The lowest BCUT2D eigenvalue weighted by molar-refractivity contribution is -0.115. The normalized spacial score (nSPS) is 10.5. The van der Waals surface area contributed by atoms with Crippen LogP contribution in [0.2, 0.25) is 0 Å². The summed E-state index contributed by atoms with van der Waals surface area (Å²) in [6.45, 7) is 0. The van der Waals surface area contributed by atoms with Crippen LogP contribution in [0.15, 0.2) is 51.4 Å². The Kier molecular flexibility index (Phi) is 7.52. The Morgan fingerprint density at radius 1 is 1.22 bits per heavy atom. The van der Waals surface area contributed by atoms with E-state index in [1.807, 2.05) is 6.07 Å². The molecule has 6 nitrogen and oxygen atoms in total. The van der Waals surface area contributed by atoms with Gasteiger partial charge in [0.1, 0.15) is 5.75 Å². The number of carboxylic acids is 1. The van der Waals surface area contributed by atoms with Crippen molar-refractivity contribution in [1.29, 1.82) is 0 Å². The second kappa shape index (κ2) is 9.63. The number of rotatable bonds is 5. The zero-order chi connectivity index (χ0) is 20.0. The minimum Gasteiger partial charge on any atom is -0.495 e. The molecule has 0 spiro atoms. The number of methoxy groups -OCH3 is 1. The summed E-state index contributed by atoms with van der Waals surface area (Å²) in [6, 6.07) is 9.88. The maximum atomic E-state index is 12.1. The summed E-state index contributed by atoms with van der Waals surface area (Å²) in [7, 11) is 1.53. The molecule has 3 N–H and O–H groups in total. The number of carbonyl (C=O) groups excluding carboxylic acids is 1. The summed E-state index contributed by atoms with van der Waals surface area (Å²) in [5.74, 6) is -0.990. The van der Waals surface area contributed by atoms with Gasteiger partial charge in [0, 0.05) is 16.1 Å². The number of anilines is 1. The van der Waals surface area contributed by atoms with Gasteiger partial charge in [0.25, 0.3) is 0 Å². The maximum absolute atomic E-state index is 12.1. The quantitative estimate of drug-likeness (QED) is 0.404. The van der Waals surface area contributed by atoms with Crippen LogP contribution in [-0.4, -0.2) is 29.2 Å². The second-order valence-corrected chi connectivity index (χ2v) is 7.32. The molecule has 0 radical (unpaired) electrons. The summed E-state index contributed by atoms with van der Waals surface area (Å²) in [5.41, 5.74) is 1.02. The lowest BCUT2D eigenvalue weighted by Gasteiger charge is -2.11. The van der Waals surface area contributed by atoms with Crippen LogP contribution in [0.4, 0.5) is 5.69 Å². The molecule has 0 unspecified atom stereocenters. The molecule has 2 aromatic rings. The zero-order valence-electron chi connectivity index (χ0n) is 14.0. The number of carboxylic acid groups (broad SMARTS) is 1. The lowest BCUT2D eigenvalue weighted by Crippen LogP contribution is -2.33. The van der Waals surface area contributed by atoms with E-state index in [0.717, 1.165) is 8.95 Å². The van der Waals surface area contributed by atoms with Crippen molar-refractivity contribution < 1.29 is 19.4 Å². The fourth-order valence-corrected chi connectivity index (χ4v) is 3.80. The van der Waals surface area contributed by atoms with Crippen LogP contribution in [0.3, 0.4) is 0 Å². The van der Waals surface area contributed by atoms with Gasteiger partial charge in [-0.15, -0.1) is 0 Å². The average Bonchev–Trinajstić information content (AvgIpc) is 2.59. The molecular formula is C18H14Br2N2O4S. The lowest BCUT2D eigenvalue weighted by atomic mass is 10.2. The van der Waals surface area contributed by atoms with E-state index in [4.69, 9.17) is 22.1 Å². The third-order valence-electron chi connectivity index (χ3n) is 3.30. The Hall–Kier alpha value is -2.23. The van der Waals surface area contributed by atoms with Crippen molar-refractivity contribution in [1.82, 2.24) is 5.32 Å². The van der Waals surface area contributed by atoms with Crippen LogP contribution in [0.25, 0.3) is 6.08 Å². The van der Waals surface area contributed by atoms with Gasteiger partial charge in [0.15, 0.2) is 5.11 Å². The highest BCUT2D eigenvalue weighted by Crippen LogP contribution is 2.33. The highest BCUT2D eigenvalue weighted by Gasteiger charge is 2.11. The molecule has 1 amide bonds. The number of thiocarbonyl (C=S) groups is 1. The number of ether oxygens (including phenoxy) is 1. The average molecular weight is 514 g/mol. The predicted octanol–water partition coefficient (Wildman–Crippen LogP) is 4.44. The fourth-order valence-electron chi connectivity index (χ4n) is 2.17. The van der Waals surface area contributed by atoms with Crippen molar-refractivity contribution >= 4 is 72.8 Å². The number of amides is 1. The SMILES string of the molecule is COc1c(Br)cc(Br)cc1C=CC(=O)NC(=S)Nc1ccccc1C(=O)O. The number of nitrogens with one attached hydrogen (secondary N) is 2. The van der Waals surface area contributed by atoms with E-state index >= 15 is 0 Å². The molecule has 9 heteroatoms. The standard InChI is InChI=1S/C18H14Br2N2O4S/c1-26-16-10(8-11(19)9-13(16)20)6-7-15(23)22-18(27)21-14-5-3-2-4-12(14)17(24)25/h2-9H,1H3,(H,24,25)(H2,21,22,23,27). The highest BCUT2D eigenvalue weighted by molar-refractivity contribution is 9.11. The number of benzene rings is 2. The van der Waals surface area contributed by atoms with Crippen molar-refractivity contribution in [2.24, 2.45) is 0 Å². The summed E-state index contributed by atoms with van der Waals surface area (Å²) in [4.78, 5) is 23.3. The molecule has 0 aliphatic heterocycles. The van der Waals surface area contributed by atoms with Gasteiger partial charge in [-0.1, -0.05) is 28.1 Å². The molecule has 0 bridgehead atoms. The van der Waals surface area contributed by atoms with Crippen LogP contribution < -0.4 is 15.4 Å². The largest absolute Gasteiger partial charge is 0.495 e. The molecule has 0 aliphatic rings. The molecule has 2 aromatic carbocycles. The summed E-state index contributed by atoms with van der Waals surface area (Å²) >= 11 is 11.8. The van der Waals surface area contributed by atoms with E-state index in [9.17, 15) is 9.59 Å². The number of para-hydroxylation sites is 1. The smallest absolute Gasteiger partial charge is 0.337 e. The highest BCUT2D eigenvalue weighted by atomic mass is 79.9. The van der Waals surface area contributed by atoms with Crippen molar-refractivity contribution in [3.05, 3.63) is 62.5 Å². The molecule has 27 heavy (non-hydrogen) atoms. The monoisotopic (exact) mass is 512 g/mol. The van der Waals surface area contributed by atoms with Crippen LogP contribution in [-0.2, 0) is 4.79 Å². The van der Waals surface area contributed by atoms with E-state index in [-0.39, 0.29) is 16.4 Å². The first-order chi connectivity index (χ1) is 12.8. The second-order valence-electron chi connectivity index (χ2n) is 5.14. The molecule has 0 saturated carbocycles. The molecule has 140 valence electrons. The van der Waals surface area contributed by atoms with Gasteiger partial charge in [-0.05, 0) is 58.5 Å². The van der Waals surface area contributed by atoms with Crippen molar-refractivity contribution in [3.63, 3.8) is 0 Å². The Bertz CT molecular complexity index is 932. The van der Waals surface area contributed by atoms with E-state index in [1.54, 1.807) is 30.3 Å². The van der Waals surface area contributed by atoms with Gasteiger partial charge in [-0.25, -0.2) is 4.79 Å². The summed E-state index contributed by atoms with van der Waals surface area (Å²) < 4.78 is 6.87. The van der Waals surface area contributed by atoms with E-state index in [2.05, 4.69) is 42.5 Å². The Morgan fingerprint density at radius 2 is 1.93 bits per heavy atom. The number of hydrogen-bond donors (Lipinski definition) is 3. The summed E-state index contributed by atoms with van der Waals surface area (Å²) in [5, 5.41) is 14.3. The number of hydrogen-bond acceptors (Lipinski definition) is 4. The predicted molar refractivity (Wildman–Crippen MR) is 115 cm³/mol. The van der Waals surface area contributed by atoms with Crippen LogP contribution in [0, 0.1) is 0 Å². The van der Waals surface area contributed by atoms with Crippen molar-refractivity contribution in [2.75, 3.05) is 12.4 Å². The first-order valence-corrected chi connectivity index (χ1v) is 9.46. The van der Waals surface area contributed by atoms with Gasteiger partial charge in [0.2, 0.25) is 5.91 Å². The topological polar surface area (TPSA) is 87.7 Å². The summed E-state index contributed by atoms with van der Waals surface area (Å²) in [6.07, 6.45) is 2.88. The number of carbonyl (C=O) groups is 2. The fraction of sp³-hybridized carbons (Fsp3) is 0.0556. The van der Waals surface area contributed by atoms with E-state index in [1.165, 1.54) is 19.3 Å². The minimum atomic E-state index is -1.10. The Balaban J connectivity index is 2.07. The Morgan fingerprint density at radius 3 is 2.59 bits per heavy atom. The zero-order valence-corrected chi connectivity index (χ0v) is 17.9. The molecule has 0 fully saturated rings. The molecule has 0 saturated heterocycles. The Labute approximate surface area is 177 Å².